The van der Waals surface area contributed by atoms with E-state index in [9.17, 15) is 0 Å². The molecule has 0 bridgehead atoms. The Labute approximate surface area is 103 Å². The number of nitrogens with two attached hydrogens (primary N) is 1. The van der Waals surface area contributed by atoms with Gasteiger partial charge in [-0.3, -0.25) is 4.98 Å². The van der Waals surface area contributed by atoms with Gasteiger partial charge >= 0.3 is 0 Å². The summed E-state index contributed by atoms with van der Waals surface area (Å²) in [5.74, 6) is 1.44. The molecule has 3 nitrogen and oxygen atoms in total. The maximum atomic E-state index is 6.30. The summed E-state index contributed by atoms with van der Waals surface area (Å²) in [7, 11) is 0. The van der Waals surface area contributed by atoms with Crippen LogP contribution < -0.4 is 10.5 Å². The van der Waals surface area contributed by atoms with Gasteiger partial charge in [0.25, 0.3) is 0 Å². The van der Waals surface area contributed by atoms with E-state index in [4.69, 9.17) is 10.5 Å². The molecule has 1 unspecified atom stereocenters. The van der Waals surface area contributed by atoms with Crippen LogP contribution >= 0.6 is 0 Å². The minimum Gasteiger partial charge on any atom is -0.489 e. The van der Waals surface area contributed by atoms with E-state index < -0.39 is 0 Å². The maximum Gasteiger partial charge on any atom is 0.138 e. The molecule has 1 aromatic heterocycles. The lowest BCUT2D eigenvalue weighted by Crippen LogP contribution is -2.19. The Morgan fingerprint density at radius 1 is 1.29 bits per heavy atom. The number of hydrogen-bond acceptors (Lipinski definition) is 3. The quantitative estimate of drug-likeness (QED) is 0.871. The molecule has 17 heavy (non-hydrogen) atoms. The molecule has 1 aromatic rings. The van der Waals surface area contributed by atoms with Gasteiger partial charge < -0.3 is 10.5 Å². The van der Waals surface area contributed by atoms with E-state index in [1.807, 2.05) is 26.1 Å². The molecule has 0 amide bonds. The second-order valence-electron chi connectivity index (χ2n) is 5.19. The minimum atomic E-state index is 0.112. The van der Waals surface area contributed by atoms with E-state index >= 15 is 0 Å². The van der Waals surface area contributed by atoms with Crippen LogP contribution in [0.2, 0.25) is 0 Å². The first kappa shape index (κ1) is 12.4. The predicted octanol–water partition coefficient (Wildman–Crippen LogP) is 3.06. The van der Waals surface area contributed by atoms with Crippen LogP contribution in [0.4, 0.5) is 0 Å². The van der Waals surface area contributed by atoms with E-state index in [-0.39, 0.29) is 12.1 Å². The molecule has 2 rings (SSSR count). The number of hydrogen-bond donors (Lipinski definition) is 1. The normalized spacial score (nSPS) is 18.6. The Hall–Kier alpha value is -1.09. The lowest BCUT2D eigenvalue weighted by molar-refractivity contribution is 0.241. The van der Waals surface area contributed by atoms with Gasteiger partial charge in [-0.05, 0) is 44.2 Å². The van der Waals surface area contributed by atoms with Crippen LogP contribution in [0.25, 0.3) is 0 Å². The Bertz CT molecular complexity index is 359. The van der Waals surface area contributed by atoms with Crippen molar-refractivity contribution in [2.24, 2.45) is 11.7 Å². The lowest BCUT2D eigenvalue weighted by atomic mass is 9.93. The molecule has 3 heteroatoms. The second kappa shape index (κ2) is 5.50. The third-order valence-electron chi connectivity index (χ3n) is 3.40. The summed E-state index contributed by atoms with van der Waals surface area (Å²) in [6.45, 7) is 4.03. The summed E-state index contributed by atoms with van der Waals surface area (Å²) >= 11 is 0. The Balaban J connectivity index is 2.09. The van der Waals surface area contributed by atoms with Crippen molar-refractivity contribution in [1.29, 1.82) is 0 Å². The van der Waals surface area contributed by atoms with Gasteiger partial charge in [-0.2, -0.15) is 0 Å². The lowest BCUT2D eigenvalue weighted by Gasteiger charge is -2.19. The van der Waals surface area contributed by atoms with Crippen molar-refractivity contribution < 1.29 is 4.74 Å². The maximum absolute atomic E-state index is 6.30. The van der Waals surface area contributed by atoms with Crippen LogP contribution in [0.5, 0.6) is 5.75 Å². The van der Waals surface area contributed by atoms with Crippen molar-refractivity contribution in [3.05, 3.63) is 24.0 Å². The third-order valence-corrected chi connectivity index (χ3v) is 3.40. The van der Waals surface area contributed by atoms with Crippen LogP contribution in [0.3, 0.4) is 0 Å². The van der Waals surface area contributed by atoms with Gasteiger partial charge in [0.05, 0.1) is 12.3 Å². The largest absolute Gasteiger partial charge is 0.489 e. The number of rotatable bonds is 4. The highest BCUT2D eigenvalue weighted by atomic mass is 16.5. The predicted molar refractivity (Wildman–Crippen MR) is 68.9 cm³/mol. The van der Waals surface area contributed by atoms with Crippen LogP contribution in [0.15, 0.2) is 18.5 Å². The van der Waals surface area contributed by atoms with Gasteiger partial charge in [0.2, 0.25) is 0 Å². The summed E-state index contributed by atoms with van der Waals surface area (Å²) in [4.78, 5) is 4.23. The fourth-order valence-corrected chi connectivity index (χ4v) is 2.54. The SMILES string of the molecule is CC(C)Oc1cncc(C(N)C2CCCC2)c1. The molecule has 94 valence electrons. The second-order valence-corrected chi connectivity index (χ2v) is 5.19. The zero-order valence-corrected chi connectivity index (χ0v) is 10.7. The highest BCUT2D eigenvalue weighted by molar-refractivity contribution is 5.26. The van der Waals surface area contributed by atoms with E-state index in [1.54, 1.807) is 6.20 Å². The summed E-state index contributed by atoms with van der Waals surface area (Å²) in [5.41, 5.74) is 7.41. The van der Waals surface area contributed by atoms with Gasteiger partial charge in [-0.1, -0.05) is 12.8 Å². The molecule has 2 N–H and O–H groups in total. The highest BCUT2D eigenvalue weighted by Crippen LogP contribution is 2.34. The molecule has 0 saturated heterocycles. The standard InChI is InChI=1S/C14H22N2O/c1-10(2)17-13-7-12(8-16-9-13)14(15)11-5-3-4-6-11/h7-11,14H,3-6,15H2,1-2H3. The summed E-state index contributed by atoms with van der Waals surface area (Å²) < 4.78 is 5.65. The van der Waals surface area contributed by atoms with Crippen molar-refractivity contribution in [3.63, 3.8) is 0 Å². The minimum absolute atomic E-state index is 0.112. The molecule has 1 aliphatic rings. The summed E-state index contributed by atoms with van der Waals surface area (Å²) in [6, 6.07) is 2.15. The molecule has 1 fully saturated rings. The van der Waals surface area contributed by atoms with Gasteiger partial charge in [0, 0.05) is 12.2 Å². The third kappa shape index (κ3) is 3.19. The summed E-state index contributed by atoms with van der Waals surface area (Å²) in [5, 5.41) is 0. The van der Waals surface area contributed by atoms with Gasteiger partial charge in [-0.15, -0.1) is 0 Å². The van der Waals surface area contributed by atoms with E-state index in [0.717, 1.165) is 11.3 Å². The van der Waals surface area contributed by atoms with E-state index in [2.05, 4.69) is 4.98 Å². The van der Waals surface area contributed by atoms with Crippen molar-refractivity contribution in [2.75, 3.05) is 0 Å². The molecule has 1 saturated carbocycles. The van der Waals surface area contributed by atoms with Crippen LogP contribution in [-0.2, 0) is 0 Å². The zero-order valence-electron chi connectivity index (χ0n) is 10.7. The van der Waals surface area contributed by atoms with Crippen molar-refractivity contribution in [3.8, 4) is 5.75 Å². The zero-order chi connectivity index (χ0) is 12.3. The molecular weight excluding hydrogens is 212 g/mol. The summed E-state index contributed by atoms with van der Waals surface area (Å²) in [6.07, 6.45) is 8.92. The Morgan fingerprint density at radius 2 is 2.00 bits per heavy atom. The first-order valence-corrected chi connectivity index (χ1v) is 6.54. The number of aromatic nitrogens is 1. The molecule has 0 spiro atoms. The number of ether oxygens (including phenoxy) is 1. The smallest absolute Gasteiger partial charge is 0.138 e. The van der Waals surface area contributed by atoms with Crippen molar-refractivity contribution in [1.82, 2.24) is 4.98 Å². The Kier molecular flexibility index (Phi) is 4.00. The van der Waals surface area contributed by atoms with Crippen molar-refractivity contribution in [2.45, 2.75) is 51.7 Å². The monoisotopic (exact) mass is 234 g/mol. The molecular formula is C14H22N2O. The molecule has 0 aromatic carbocycles. The highest BCUT2D eigenvalue weighted by Gasteiger charge is 2.23. The molecule has 0 aliphatic heterocycles. The van der Waals surface area contributed by atoms with E-state index in [0.29, 0.717) is 5.92 Å². The molecule has 1 heterocycles. The van der Waals surface area contributed by atoms with Crippen LogP contribution in [0.1, 0.15) is 51.1 Å². The first-order chi connectivity index (χ1) is 8.16. The fraction of sp³-hybridized carbons (Fsp3) is 0.643. The fourth-order valence-electron chi connectivity index (χ4n) is 2.54. The average Bonchev–Trinajstić information content (AvgIpc) is 2.81. The molecule has 1 atom stereocenters. The van der Waals surface area contributed by atoms with Crippen LogP contribution in [0, 0.1) is 5.92 Å². The average molecular weight is 234 g/mol. The first-order valence-electron chi connectivity index (χ1n) is 6.54. The van der Waals surface area contributed by atoms with Gasteiger partial charge in [-0.25, -0.2) is 0 Å². The number of nitrogens with zero attached hydrogens (tertiary/aromatic N) is 1. The van der Waals surface area contributed by atoms with Gasteiger partial charge in [0.1, 0.15) is 5.75 Å². The van der Waals surface area contributed by atoms with E-state index in [1.165, 1.54) is 25.7 Å². The van der Waals surface area contributed by atoms with Crippen molar-refractivity contribution >= 4 is 0 Å². The van der Waals surface area contributed by atoms with Gasteiger partial charge in [0.15, 0.2) is 0 Å². The van der Waals surface area contributed by atoms with Crippen LogP contribution in [-0.4, -0.2) is 11.1 Å². The molecule has 1 aliphatic carbocycles. The number of pyridine rings is 1. The Morgan fingerprint density at radius 3 is 2.65 bits per heavy atom. The topological polar surface area (TPSA) is 48.1 Å². The molecule has 0 radical (unpaired) electrons.